The van der Waals surface area contributed by atoms with E-state index in [1.807, 2.05) is 0 Å². The number of aromatic nitrogens is 2. The van der Waals surface area contributed by atoms with Gasteiger partial charge < -0.3 is 4.74 Å². The molecule has 0 radical (unpaired) electrons. The highest BCUT2D eigenvalue weighted by molar-refractivity contribution is 5.72. The number of rotatable bonds is 12. The fourth-order valence-corrected chi connectivity index (χ4v) is 3.50. The standard InChI is InChI=1S/C21H35N2O/c1-4-6-7-8-9-10-11-14-17-24-18-23-20-16-13-12-15-19(20)22(3)21(23)5-2/h12-13,15-16H,4-11,14,17-18H2,1-3H3/q+1. The van der Waals surface area contributed by atoms with E-state index in [-0.39, 0.29) is 0 Å². The second-order valence-electron chi connectivity index (χ2n) is 6.76. The van der Waals surface area contributed by atoms with Crippen molar-refractivity contribution in [2.75, 3.05) is 6.61 Å². The van der Waals surface area contributed by atoms with Gasteiger partial charge >= 0.3 is 0 Å². The van der Waals surface area contributed by atoms with Crippen LogP contribution in [-0.4, -0.2) is 11.2 Å². The third-order valence-electron chi connectivity index (χ3n) is 4.91. The van der Waals surface area contributed by atoms with E-state index in [0.29, 0.717) is 6.73 Å². The number of hydrogen-bond acceptors (Lipinski definition) is 1. The molecule has 2 aromatic rings. The molecule has 1 heterocycles. The number of benzene rings is 1. The predicted molar refractivity (Wildman–Crippen MR) is 101 cm³/mol. The Morgan fingerprint density at radius 2 is 1.58 bits per heavy atom. The summed E-state index contributed by atoms with van der Waals surface area (Å²) in [5, 5.41) is 0. The number of nitrogens with zero attached hydrogens (tertiary/aromatic N) is 2. The highest BCUT2D eigenvalue weighted by Crippen LogP contribution is 2.15. The van der Waals surface area contributed by atoms with E-state index in [0.717, 1.165) is 13.0 Å². The fourth-order valence-electron chi connectivity index (χ4n) is 3.50. The van der Waals surface area contributed by atoms with Gasteiger partial charge in [-0.25, -0.2) is 9.13 Å². The van der Waals surface area contributed by atoms with Crippen molar-refractivity contribution in [1.82, 2.24) is 4.57 Å². The molecule has 3 heteroatoms. The normalized spacial score (nSPS) is 11.5. The van der Waals surface area contributed by atoms with Gasteiger partial charge in [-0.15, -0.1) is 0 Å². The first-order valence-corrected chi connectivity index (χ1v) is 9.83. The predicted octanol–water partition coefficient (Wildman–Crippen LogP) is 5.14. The minimum atomic E-state index is 0.668. The lowest BCUT2D eigenvalue weighted by molar-refractivity contribution is -0.654. The van der Waals surface area contributed by atoms with Crippen LogP contribution in [0.25, 0.3) is 11.0 Å². The topological polar surface area (TPSA) is 18.0 Å². The first-order valence-electron chi connectivity index (χ1n) is 9.83. The molecule has 0 N–H and O–H groups in total. The zero-order valence-electron chi connectivity index (χ0n) is 15.9. The average Bonchev–Trinajstić information content (AvgIpc) is 2.88. The molecule has 2 rings (SSSR count). The zero-order valence-corrected chi connectivity index (χ0v) is 15.9. The summed E-state index contributed by atoms with van der Waals surface area (Å²) < 4.78 is 10.6. The third kappa shape index (κ3) is 5.07. The third-order valence-corrected chi connectivity index (χ3v) is 4.91. The molecule has 0 fully saturated rings. The molecule has 1 aromatic heterocycles. The number of fused-ring (bicyclic) bond motifs is 1. The van der Waals surface area contributed by atoms with Crippen molar-refractivity contribution in [2.24, 2.45) is 7.05 Å². The number of imidazole rings is 1. The van der Waals surface area contributed by atoms with Crippen molar-refractivity contribution >= 4 is 11.0 Å². The second-order valence-corrected chi connectivity index (χ2v) is 6.76. The molecule has 3 nitrogen and oxygen atoms in total. The van der Waals surface area contributed by atoms with Crippen LogP contribution < -0.4 is 4.57 Å². The van der Waals surface area contributed by atoms with Crippen molar-refractivity contribution in [2.45, 2.75) is 78.4 Å². The summed E-state index contributed by atoms with van der Waals surface area (Å²) in [5.74, 6) is 1.33. The van der Waals surface area contributed by atoms with Crippen LogP contribution in [0.3, 0.4) is 0 Å². The molecule has 0 atom stereocenters. The Balaban J connectivity index is 1.72. The lowest BCUT2D eigenvalue weighted by atomic mass is 10.1. The van der Waals surface area contributed by atoms with Gasteiger partial charge in [-0.1, -0.05) is 70.9 Å². The van der Waals surface area contributed by atoms with Crippen LogP contribution in [-0.2, 0) is 24.9 Å². The summed E-state index contributed by atoms with van der Waals surface area (Å²) in [4.78, 5) is 0. The van der Waals surface area contributed by atoms with Crippen LogP contribution in [0.15, 0.2) is 24.3 Å². The van der Waals surface area contributed by atoms with E-state index >= 15 is 0 Å². The SMILES string of the molecule is CCCCCCCCCCOCn1c(CC)[n+](C)c2ccccc21. The molecule has 0 bridgehead atoms. The minimum absolute atomic E-state index is 0.668. The van der Waals surface area contributed by atoms with Crippen molar-refractivity contribution in [1.29, 1.82) is 0 Å². The highest BCUT2D eigenvalue weighted by Gasteiger charge is 2.20. The van der Waals surface area contributed by atoms with Gasteiger partial charge in [0.25, 0.3) is 5.82 Å². The van der Waals surface area contributed by atoms with E-state index in [4.69, 9.17) is 4.74 Å². The van der Waals surface area contributed by atoms with E-state index < -0.39 is 0 Å². The van der Waals surface area contributed by atoms with Crippen LogP contribution in [0, 0.1) is 0 Å². The lowest BCUT2D eigenvalue weighted by Gasteiger charge is -2.05. The first kappa shape index (κ1) is 19.0. The van der Waals surface area contributed by atoms with Gasteiger partial charge in [0, 0.05) is 6.42 Å². The van der Waals surface area contributed by atoms with Crippen molar-refractivity contribution < 1.29 is 9.30 Å². The molecule has 0 amide bonds. The van der Waals surface area contributed by atoms with Crippen molar-refractivity contribution in [3.05, 3.63) is 30.1 Å². The molecule has 1 aromatic carbocycles. The molecule has 24 heavy (non-hydrogen) atoms. The van der Waals surface area contributed by atoms with Gasteiger partial charge in [-0.05, 0) is 18.6 Å². The Bertz CT molecular complexity index is 603. The molecular weight excluding hydrogens is 296 g/mol. The molecule has 0 aliphatic heterocycles. The summed E-state index contributed by atoms with van der Waals surface area (Å²) in [6, 6.07) is 8.59. The Kier molecular flexibility index (Phi) is 8.31. The van der Waals surface area contributed by atoms with Gasteiger partial charge in [0.15, 0.2) is 17.8 Å². The number of ether oxygens (including phenoxy) is 1. The molecule has 0 unspecified atom stereocenters. The van der Waals surface area contributed by atoms with Crippen LogP contribution in [0.4, 0.5) is 0 Å². The Morgan fingerprint density at radius 3 is 2.29 bits per heavy atom. The fraction of sp³-hybridized carbons (Fsp3) is 0.667. The second kappa shape index (κ2) is 10.5. The molecular formula is C21H35N2O+. The van der Waals surface area contributed by atoms with E-state index in [1.165, 1.54) is 68.2 Å². The molecule has 0 spiro atoms. The largest absolute Gasteiger partial charge is 0.342 e. The Labute approximate surface area is 147 Å². The van der Waals surface area contributed by atoms with E-state index in [9.17, 15) is 0 Å². The molecule has 0 aliphatic rings. The maximum Gasteiger partial charge on any atom is 0.258 e. The molecule has 0 saturated heterocycles. The van der Waals surface area contributed by atoms with Crippen LogP contribution in [0.5, 0.6) is 0 Å². The highest BCUT2D eigenvalue weighted by atomic mass is 16.5. The Hall–Kier alpha value is -1.35. The smallest absolute Gasteiger partial charge is 0.258 e. The minimum Gasteiger partial charge on any atom is -0.342 e. The van der Waals surface area contributed by atoms with Gasteiger partial charge in [0.1, 0.15) is 0 Å². The summed E-state index contributed by atoms with van der Waals surface area (Å²) in [5.41, 5.74) is 2.55. The van der Waals surface area contributed by atoms with Gasteiger partial charge in [0.2, 0.25) is 0 Å². The quantitative estimate of drug-likeness (QED) is 0.389. The first-order chi connectivity index (χ1) is 11.8. The average molecular weight is 332 g/mol. The monoisotopic (exact) mass is 331 g/mol. The van der Waals surface area contributed by atoms with E-state index in [1.54, 1.807) is 0 Å². The molecule has 134 valence electrons. The van der Waals surface area contributed by atoms with Crippen LogP contribution in [0.1, 0.15) is 71.0 Å². The number of hydrogen-bond donors (Lipinski definition) is 0. The summed E-state index contributed by atoms with van der Waals surface area (Å²) in [7, 11) is 2.15. The van der Waals surface area contributed by atoms with E-state index in [2.05, 4.69) is 54.3 Å². The van der Waals surface area contributed by atoms with Gasteiger partial charge in [-0.3, -0.25) is 0 Å². The van der Waals surface area contributed by atoms with Crippen molar-refractivity contribution in [3.8, 4) is 0 Å². The number of para-hydroxylation sites is 2. The number of unbranched alkanes of at least 4 members (excludes halogenated alkanes) is 7. The zero-order chi connectivity index (χ0) is 17.2. The summed E-state index contributed by atoms with van der Waals surface area (Å²) in [6.45, 7) is 6.02. The molecule has 0 aliphatic carbocycles. The summed E-state index contributed by atoms with van der Waals surface area (Å²) in [6.07, 6.45) is 11.8. The van der Waals surface area contributed by atoms with Gasteiger partial charge in [-0.2, -0.15) is 0 Å². The summed E-state index contributed by atoms with van der Waals surface area (Å²) >= 11 is 0. The molecule has 0 saturated carbocycles. The lowest BCUT2D eigenvalue weighted by Crippen LogP contribution is -2.32. The number of aryl methyl sites for hydroxylation is 1. The van der Waals surface area contributed by atoms with Crippen molar-refractivity contribution in [3.63, 3.8) is 0 Å². The van der Waals surface area contributed by atoms with Crippen LogP contribution >= 0.6 is 0 Å². The Morgan fingerprint density at radius 1 is 0.917 bits per heavy atom. The maximum absolute atomic E-state index is 5.98. The van der Waals surface area contributed by atoms with Gasteiger partial charge in [0.05, 0.1) is 13.7 Å². The maximum atomic E-state index is 5.98. The van der Waals surface area contributed by atoms with Crippen LogP contribution in [0.2, 0.25) is 0 Å².